The Morgan fingerprint density at radius 1 is 1.00 bits per heavy atom. The number of nitrogens with zero attached hydrogens (tertiary/aromatic N) is 1. The first-order chi connectivity index (χ1) is 15.0. The van der Waals surface area contributed by atoms with Crippen molar-refractivity contribution in [1.29, 1.82) is 0 Å². The number of anilines is 2. The van der Waals surface area contributed by atoms with Crippen LogP contribution in [0.2, 0.25) is 0 Å². The van der Waals surface area contributed by atoms with Gasteiger partial charge in [0.05, 0.1) is 27.9 Å². The number of benzene rings is 3. The molecule has 0 saturated carbocycles. The van der Waals surface area contributed by atoms with E-state index in [0.29, 0.717) is 10.7 Å². The van der Waals surface area contributed by atoms with Gasteiger partial charge in [-0.25, -0.2) is 4.98 Å². The van der Waals surface area contributed by atoms with Gasteiger partial charge in [-0.2, -0.15) is 0 Å². The molecule has 0 aliphatic carbocycles. The first-order valence-corrected chi connectivity index (χ1v) is 11.4. The zero-order valence-electron chi connectivity index (χ0n) is 17.8. The highest BCUT2D eigenvalue weighted by Crippen LogP contribution is 2.34. The fourth-order valence-electron chi connectivity index (χ4n) is 3.28. The van der Waals surface area contributed by atoms with Crippen LogP contribution >= 0.6 is 23.3 Å². The lowest BCUT2D eigenvalue weighted by molar-refractivity contribution is 0.102. The van der Waals surface area contributed by atoms with Crippen molar-refractivity contribution in [2.45, 2.75) is 25.7 Å². The fraction of sp³-hybridized carbons (Fsp3) is 0.167. The van der Waals surface area contributed by atoms with E-state index in [0.717, 1.165) is 32.1 Å². The van der Waals surface area contributed by atoms with Gasteiger partial charge in [0.15, 0.2) is 5.01 Å². The van der Waals surface area contributed by atoms with E-state index in [1.807, 2.05) is 49.4 Å². The number of rotatable bonds is 6. The van der Waals surface area contributed by atoms with E-state index in [9.17, 15) is 4.79 Å². The smallest absolute Gasteiger partial charge is 0.284 e. The number of aryl methyl sites for hydroxylation is 3. The van der Waals surface area contributed by atoms with Crippen molar-refractivity contribution in [1.82, 2.24) is 4.98 Å². The van der Waals surface area contributed by atoms with Crippen LogP contribution in [0.4, 0.5) is 11.4 Å². The van der Waals surface area contributed by atoms with Crippen LogP contribution in [0.1, 0.15) is 26.5 Å². The third-order valence-corrected chi connectivity index (χ3v) is 6.85. The van der Waals surface area contributed by atoms with Crippen molar-refractivity contribution in [3.05, 3.63) is 76.3 Å². The standard InChI is InChI=1S/C24H23N3O2S2/c1-14-7-5-8-15(2)21(14)27-31-20-13-17(11-12-18(20)29-4)25-23(28)24-26-22-16(3)9-6-10-19(22)30-24/h5-13,27H,1-4H3,(H,25,28). The SMILES string of the molecule is COc1ccc(NC(=O)c2nc3c(C)cccc3s2)cc1SNc1c(C)cccc1C. The average molecular weight is 450 g/mol. The van der Waals surface area contributed by atoms with Crippen LogP contribution < -0.4 is 14.8 Å². The quantitative estimate of drug-likeness (QED) is 0.325. The maximum absolute atomic E-state index is 12.8. The Hall–Kier alpha value is -3.03. The molecular weight excluding hydrogens is 426 g/mol. The number of amides is 1. The predicted molar refractivity (Wildman–Crippen MR) is 131 cm³/mol. The molecule has 1 heterocycles. The lowest BCUT2D eigenvalue weighted by Crippen LogP contribution is -2.11. The summed E-state index contributed by atoms with van der Waals surface area (Å²) < 4.78 is 9.94. The van der Waals surface area contributed by atoms with E-state index in [2.05, 4.69) is 41.0 Å². The molecule has 0 atom stereocenters. The molecule has 4 aromatic rings. The number of carbonyl (C=O) groups excluding carboxylic acids is 1. The van der Waals surface area contributed by atoms with Crippen LogP contribution in [0.3, 0.4) is 0 Å². The van der Waals surface area contributed by atoms with Gasteiger partial charge in [0, 0.05) is 5.69 Å². The Labute approximate surface area is 190 Å². The van der Waals surface area contributed by atoms with E-state index in [1.165, 1.54) is 34.4 Å². The number of hydrogen-bond acceptors (Lipinski definition) is 6. The Bertz CT molecular complexity index is 1250. The van der Waals surface area contributed by atoms with Crippen molar-refractivity contribution >= 4 is 50.8 Å². The number of methoxy groups -OCH3 is 1. The van der Waals surface area contributed by atoms with E-state index in [1.54, 1.807) is 7.11 Å². The molecule has 3 aromatic carbocycles. The van der Waals surface area contributed by atoms with Gasteiger partial charge < -0.3 is 14.8 Å². The highest BCUT2D eigenvalue weighted by molar-refractivity contribution is 8.00. The normalized spacial score (nSPS) is 10.8. The number of hydrogen-bond donors (Lipinski definition) is 2. The number of aromatic nitrogens is 1. The van der Waals surface area contributed by atoms with Crippen molar-refractivity contribution in [2.24, 2.45) is 0 Å². The molecule has 7 heteroatoms. The van der Waals surface area contributed by atoms with Gasteiger partial charge in [-0.15, -0.1) is 11.3 Å². The monoisotopic (exact) mass is 449 g/mol. The minimum absolute atomic E-state index is 0.218. The molecule has 5 nitrogen and oxygen atoms in total. The molecule has 1 aromatic heterocycles. The van der Waals surface area contributed by atoms with Gasteiger partial charge in [0.25, 0.3) is 5.91 Å². The van der Waals surface area contributed by atoms with Gasteiger partial charge in [0.2, 0.25) is 0 Å². The highest BCUT2D eigenvalue weighted by Gasteiger charge is 2.15. The van der Waals surface area contributed by atoms with Crippen LogP contribution in [0.5, 0.6) is 5.75 Å². The summed E-state index contributed by atoms with van der Waals surface area (Å²) in [5.74, 6) is 0.516. The molecule has 0 bridgehead atoms. The van der Waals surface area contributed by atoms with Gasteiger partial charge in [-0.1, -0.05) is 30.3 Å². The summed E-state index contributed by atoms with van der Waals surface area (Å²) in [6, 6.07) is 17.7. The maximum Gasteiger partial charge on any atom is 0.284 e. The molecule has 0 spiro atoms. The van der Waals surface area contributed by atoms with Gasteiger partial charge in [-0.3, -0.25) is 4.79 Å². The average Bonchev–Trinajstić information content (AvgIpc) is 3.20. The number of thiazole rings is 1. The van der Waals surface area contributed by atoms with Crippen LogP contribution in [-0.4, -0.2) is 18.0 Å². The van der Waals surface area contributed by atoms with Gasteiger partial charge >= 0.3 is 0 Å². The summed E-state index contributed by atoms with van der Waals surface area (Å²) >= 11 is 2.85. The zero-order chi connectivity index (χ0) is 22.0. The second-order valence-electron chi connectivity index (χ2n) is 7.23. The van der Waals surface area contributed by atoms with Crippen LogP contribution in [-0.2, 0) is 0 Å². The summed E-state index contributed by atoms with van der Waals surface area (Å²) in [6.45, 7) is 6.15. The Morgan fingerprint density at radius 2 is 1.71 bits per heavy atom. The molecule has 31 heavy (non-hydrogen) atoms. The molecule has 0 fully saturated rings. The molecule has 0 aliphatic rings. The minimum Gasteiger partial charge on any atom is -0.496 e. The third-order valence-electron chi connectivity index (χ3n) is 4.98. The lowest BCUT2D eigenvalue weighted by atomic mass is 10.1. The fourth-order valence-corrected chi connectivity index (χ4v) is 5.19. The summed E-state index contributed by atoms with van der Waals surface area (Å²) in [5, 5.41) is 3.41. The van der Waals surface area contributed by atoms with E-state index in [4.69, 9.17) is 4.74 Å². The van der Waals surface area contributed by atoms with Crippen molar-refractivity contribution < 1.29 is 9.53 Å². The van der Waals surface area contributed by atoms with E-state index in [-0.39, 0.29) is 5.91 Å². The minimum atomic E-state index is -0.218. The van der Waals surface area contributed by atoms with E-state index < -0.39 is 0 Å². The first kappa shape index (κ1) is 21.2. The van der Waals surface area contributed by atoms with Crippen LogP contribution in [0.25, 0.3) is 10.2 Å². The second kappa shape index (κ2) is 8.99. The lowest BCUT2D eigenvalue weighted by Gasteiger charge is -2.14. The van der Waals surface area contributed by atoms with Crippen LogP contribution in [0.15, 0.2) is 59.5 Å². The van der Waals surface area contributed by atoms with Crippen molar-refractivity contribution in [3.8, 4) is 5.75 Å². The second-order valence-corrected chi connectivity index (χ2v) is 9.11. The maximum atomic E-state index is 12.8. The Morgan fingerprint density at radius 3 is 2.42 bits per heavy atom. The molecular formula is C24H23N3O2S2. The van der Waals surface area contributed by atoms with Gasteiger partial charge in [-0.05, 0) is 73.7 Å². The summed E-state index contributed by atoms with van der Waals surface area (Å²) in [5.41, 5.74) is 6.04. The summed E-state index contributed by atoms with van der Waals surface area (Å²) in [7, 11) is 1.64. The highest BCUT2D eigenvalue weighted by atomic mass is 32.2. The first-order valence-electron chi connectivity index (χ1n) is 9.81. The summed E-state index contributed by atoms with van der Waals surface area (Å²) in [6.07, 6.45) is 0. The number of fused-ring (bicyclic) bond motifs is 1. The number of ether oxygens (including phenoxy) is 1. The predicted octanol–water partition coefficient (Wildman–Crippen LogP) is 6.60. The van der Waals surface area contributed by atoms with Gasteiger partial charge in [0.1, 0.15) is 5.75 Å². The molecule has 158 valence electrons. The molecule has 0 aliphatic heterocycles. The molecule has 4 rings (SSSR count). The topological polar surface area (TPSA) is 63.2 Å². The molecule has 0 radical (unpaired) electrons. The molecule has 2 N–H and O–H groups in total. The number of nitrogens with one attached hydrogen (secondary N) is 2. The molecule has 0 unspecified atom stereocenters. The largest absolute Gasteiger partial charge is 0.496 e. The van der Waals surface area contributed by atoms with Crippen molar-refractivity contribution in [3.63, 3.8) is 0 Å². The number of carbonyl (C=O) groups is 1. The summed E-state index contributed by atoms with van der Waals surface area (Å²) in [4.78, 5) is 18.2. The Balaban J connectivity index is 1.55. The van der Waals surface area contributed by atoms with Crippen molar-refractivity contribution in [2.75, 3.05) is 17.1 Å². The third kappa shape index (κ3) is 4.52. The van der Waals surface area contributed by atoms with Crippen LogP contribution in [0, 0.1) is 20.8 Å². The van der Waals surface area contributed by atoms with E-state index >= 15 is 0 Å². The molecule has 0 saturated heterocycles. The zero-order valence-corrected chi connectivity index (χ0v) is 19.4. The molecule has 1 amide bonds. The number of para-hydroxylation sites is 2. The Kier molecular flexibility index (Phi) is 6.15.